The molecule has 0 saturated heterocycles. The van der Waals surface area contributed by atoms with Crippen molar-refractivity contribution in [3.8, 4) is 0 Å². The smallest absolute Gasteiger partial charge is 0.311 e. The molecule has 4 nitrogen and oxygen atoms in total. The van der Waals surface area contributed by atoms with Crippen LogP contribution in [0.2, 0.25) is 0 Å². The van der Waals surface area contributed by atoms with Gasteiger partial charge < -0.3 is 4.90 Å². The van der Waals surface area contributed by atoms with Gasteiger partial charge in [0.15, 0.2) is 5.75 Å². The summed E-state index contributed by atoms with van der Waals surface area (Å²) in [5.41, 5.74) is 0. The second-order valence-corrected chi connectivity index (χ2v) is 3.34. The molecule has 0 heterocycles. The van der Waals surface area contributed by atoms with Crippen molar-refractivity contribution in [2.24, 2.45) is 0 Å². The number of hydrogen-bond donors (Lipinski definition) is 0. The van der Waals surface area contributed by atoms with Gasteiger partial charge in [-0.2, -0.15) is 8.42 Å². The Kier molecular flexibility index (Phi) is 2.77. The fourth-order valence-corrected chi connectivity index (χ4v) is 0.830. The third kappa shape index (κ3) is 4.25. The van der Waals surface area contributed by atoms with E-state index < -0.39 is 21.9 Å². The summed E-state index contributed by atoms with van der Waals surface area (Å²) in [6, 6.07) is 0. The maximum Gasteiger partial charge on any atom is 0.311 e. The molecule has 0 unspecified atom stereocenters. The third-order valence-electron chi connectivity index (χ3n) is 0.795. The van der Waals surface area contributed by atoms with Crippen LogP contribution in [0.25, 0.3) is 0 Å². The Hall–Kier alpha value is -0.650. The molecule has 0 bridgehead atoms. The molecule has 0 aliphatic carbocycles. The standard InChI is InChI=1S/C4H8FNO3S/c1-6(2)4(7)3-10(5,8)9/h3H2,1-2H3. The van der Waals surface area contributed by atoms with Gasteiger partial charge in [-0.1, -0.05) is 0 Å². The maximum absolute atomic E-state index is 11.7. The second-order valence-electron chi connectivity index (χ2n) is 1.97. The van der Waals surface area contributed by atoms with Gasteiger partial charge in [0.05, 0.1) is 0 Å². The van der Waals surface area contributed by atoms with E-state index in [0.717, 1.165) is 4.90 Å². The van der Waals surface area contributed by atoms with Gasteiger partial charge in [-0.25, -0.2) is 0 Å². The van der Waals surface area contributed by atoms with Gasteiger partial charge in [0.2, 0.25) is 5.91 Å². The molecule has 0 saturated carbocycles. The van der Waals surface area contributed by atoms with Crippen LogP contribution >= 0.6 is 0 Å². The van der Waals surface area contributed by atoms with Crippen LogP contribution in [0.3, 0.4) is 0 Å². The number of amides is 1. The molecule has 0 spiro atoms. The normalized spacial score (nSPS) is 11.1. The summed E-state index contributed by atoms with van der Waals surface area (Å²) in [5.74, 6) is -1.83. The highest BCUT2D eigenvalue weighted by molar-refractivity contribution is 7.87. The van der Waals surface area contributed by atoms with Crippen LogP contribution in [0.15, 0.2) is 0 Å². The zero-order chi connectivity index (χ0) is 8.36. The first-order valence-electron chi connectivity index (χ1n) is 2.45. The Bertz CT molecular complexity index is 221. The van der Waals surface area contributed by atoms with E-state index in [1.165, 1.54) is 14.1 Å². The highest BCUT2D eigenvalue weighted by Gasteiger charge is 2.15. The van der Waals surface area contributed by atoms with Gasteiger partial charge in [-0.05, 0) is 0 Å². The molecule has 0 aromatic carbocycles. The summed E-state index contributed by atoms with van der Waals surface area (Å²) in [5, 5.41) is 0. The summed E-state index contributed by atoms with van der Waals surface area (Å²) in [4.78, 5) is 11.5. The molecule has 0 aromatic rings. The summed E-state index contributed by atoms with van der Waals surface area (Å²) < 4.78 is 31.4. The number of halogens is 1. The molecule has 0 aliphatic rings. The van der Waals surface area contributed by atoms with E-state index in [9.17, 15) is 17.1 Å². The fraction of sp³-hybridized carbons (Fsp3) is 0.750. The van der Waals surface area contributed by atoms with Gasteiger partial charge in [0.25, 0.3) is 0 Å². The summed E-state index contributed by atoms with van der Waals surface area (Å²) in [6.07, 6.45) is 0. The lowest BCUT2D eigenvalue weighted by Gasteiger charge is -2.06. The number of carbonyl (C=O) groups excluding carboxylic acids is 1. The molecule has 0 N–H and O–H groups in total. The third-order valence-corrected chi connectivity index (χ3v) is 1.39. The molecular weight excluding hydrogens is 161 g/mol. The average Bonchev–Trinajstić information content (AvgIpc) is 1.60. The molecule has 0 aromatic heterocycles. The predicted octanol–water partition coefficient (Wildman–Crippen LogP) is -0.626. The zero-order valence-corrected chi connectivity index (χ0v) is 6.48. The number of carbonyl (C=O) groups is 1. The van der Waals surface area contributed by atoms with Crippen molar-refractivity contribution < 1.29 is 17.1 Å². The molecule has 60 valence electrons. The molecule has 10 heavy (non-hydrogen) atoms. The van der Waals surface area contributed by atoms with E-state index >= 15 is 0 Å². The van der Waals surface area contributed by atoms with Crippen molar-refractivity contribution in [1.29, 1.82) is 0 Å². The topological polar surface area (TPSA) is 54.5 Å². The van der Waals surface area contributed by atoms with Crippen molar-refractivity contribution >= 4 is 16.1 Å². The minimum Gasteiger partial charge on any atom is -0.348 e. The van der Waals surface area contributed by atoms with Crippen molar-refractivity contribution in [3.05, 3.63) is 0 Å². The van der Waals surface area contributed by atoms with Crippen LogP contribution < -0.4 is 0 Å². The van der Waals surface area contributed by atoms with Crippen molar-refractivity contribution in [3.63, 3.8) is 0 Å². The SMILES string of the molecule is CN(C)C(=O)CS(=O)(=O)F. The molecular formula is C4H8FNO3S. The van der Waals surface area contributed by atoms with Crippen LogP contribution in [0, 0.1) is 0 Å². The van der Waals surface area contributed by atoms with E-state index in [1.807, 2.05) is 0 Å². The first kappa shape index (κ1) is 9.35. The molecule has 0 radical (unpaired) electrons. The van der Waals surface area contributed by atoms with Crippen LogP contribution in [-0.4, -0.2) is 39.1 Å². The van der Waals surface area contributed by atoms with Gasteiger partial charge in [0.1, 0.15) is 0 Å². The molecule has 1 amide bonds. The van der Waals surface area contributed by atoms with Crippen LogP contribution in [0.1, 0.15) is 0 Å². The summed E-state index contributed by atoms with van der Waals surface area (Å²) in [6.45, 7) is 0. The largest absolute Gasteiger partial charge is 0.348 e. The van der Waals surface area contributed by atoms with Crippen LogP contribution in [-0.2, 0) is 15.0 Å². The summed E-state index contributed by atoms with van der Waals surface area (Å²) >= 11 is 0. The first-order chi connectivity index (χ1) is 4.33. The van der Waals surface area contributed by atoms with Gasteiger partial charge in [-0.15, -0.1) is 3.89 Å². The highest BCUT2D eigenvalue weighted by Crippen LogP contribution is 1.92. The lowest BCUT2D eigenvalue weighted by Crippen LogP contribution is -2.27. The zero-order valence-electron chi connectivity index (χ0n) is 5.67. The molecule has 0 fully saturated rings. The molecule has 0 aliphatic heterocycles. The Morgan fingerprint density at radius 2 is 1.90 bits per heavy atom. The van der Waals surface area contributed by atoms with Gasteiger partial charge in [-0.3, -0.25) is 4.79 Å². The molecule has 0 rings (SSSR count). The molecule has 0 atom stereocenters. The van der Waals surface area contributed by atoms with E-state index in [2.05, 4.69) is 0 Å². The maximum atomic E-state index is 11.7. The Morgan fingerprint density at radius 3 is 2.00 bits per heavy atom. The van der Waals surface area contributed by atoms with Crippen LogP contribution in [0.5, 0.6) is 0 Å². The monoisotopic (exact) mass is 169 g/mol. The number of hydrogen-bond acceptors (Lipinski definition) is 3. The van der Waals surface area contributed by atoms with E-state index in [-0.39, 0.29) is 0 Å². The lowest BCUT2D eigenvalue weighted by molar-refractivity contribution is -0.126. The van der Waals surface area contributed by atoms with E-state index in [0.29, 0.717) is 0 Å². The lowest BCUT2D eigenvalue weighted by atomic mass is 10.6. The fourth-order valence-electron chi connectivity index (χ4n) is 0.277. The Balaban J connectivity index is 4.07. The Labute approximate surface area is 58.8 Å². The first-order valence-corrected chi connectivity index (χ1v) is 4.00. The number of rotatable bonds is 2. The van der Waals surface area contributed by atoms with E-state index in [1.54, 1.807) is 0 Å². The number of nitrogens with zero attached hydrogens (tertiary/aromatic N) is 1. The van der Waals surface area contributed by atoms with E-state index in [4.69, 9.17) is 0 Å². The predicted molar refractivity (Wildman–Crippen MR) is 33.6 cm³/mol. The van der Waals surface area contributed by atoms with Crippen molar-refractivity contribution in [2.75, 3.05) is 19.8 Å². The van der Waals surface area contributed by atoms with Crippen molar-refractivity contribution in [1.82, 2.24) is 4.90 Å². The second kappa shape index (κ2) is 2.96. The minimum absolute atomic E-state index is 0.762. The van der Waals surface area contributed by atoms with Gasteiger partial charge in [0, 0.05) is 14.1 Å². The summed E-state index contributed by atoms with van der Waals surface area (Å²) in [7, 11) is -1.95. The quantitative estimate of drug-likeness (QED) is 0.517. The van der Waals surface area contributed by atoms with Crippen molar-refractivity contribution in [2.45, 2.75) is 0 Å². The van der Waals surface area contributed by atoms with Gasteiger partial charge >= 0.3 is 10.2 Å². The molecule has 6 heteroatoms. The van der Waals surface area contributed by atoms with Crippen LogP contribution in [0.4, 0.5) is 3.89 Å². The highest BCUT2D eigenvalue weighted by atomic mass is 32.3. The Morgan fingerprint density at radius 1 is 1.50 bits per heavy atom. The minimum atomic E-state index is -4.66. The average molecular weight is 169 g/mol.